The quantitative estimate of drug-likeness (QED) is 0.728. The molecular formula is C12H16N2O2. The number of aryl methyl sites for hydroxylation is 1. The molecule has 4 nitrogen and oxygen atoms in total. The van der Waals surface area contributed by atoms with E-state index in [-0.39, 0.29) is 18.4 Å². The van der Waals surface area contributed by atoms with Gasteiger partial charge in [-0.3, -0.25) is 4.79 Å². The fraction of sp³-hybridized carbons (Fsp3) is 0.417. The van der Waals surface area contributed by atoms with Gasteiger partial charge in [0.1, 0.15) is 0 Å². The van der Waals surface area contributed by atoms with Crippen LogP contribution >= 0.6 is 0 Å². The Labute approximate surface area is 94.7 Å². The fourth-order valence-electron chi connectivity index (χ4n) is 2.06. The zero-order chi connectivity index (χ0) is 11.7. The third-order valence-electron chi connectivity index (χ3n) is 2.94. The summed E-state index contributed by atoms with van der Waals surface area (Å²) in [6.45, 7) is 2.57. The number of benzene rings is 1. The lowest BCUT2D eigenvalue weighted by Gasteiger charge is -2.18. The molecule has 1 atom stereocenters. The minimum absolute atomic E-state index is 0.0354. The second kappa shape index (κ2) is 4.14. The van der Waals surface area contributed by atoms with Gasteiger partial charge in [-0.05, 0) is 24.6 Å². The molecule has 1 aromatic carbocycles. The van der Waals surface area contributed by atoms with Crippen molar-refractivity contribution in [3.8, 4) is 0 Å². The molecule has 1 fully saturated rings. The van der Waals surface area contributed by atoms with Gasteiger partial charge in [-0.15, -0.1) is 0 Å². The van der Waals surface area contributed by atoms with Gasteiger partial charge in [-0.2, -0.15) is 0 Å². The zero-order valence-electron chi connectivity index (χ0n) is 9.31. The topological polar surface area (TPSA) is 66.6 Å². The van der Waals surface area contributed by atoms with E-state index >= 15 is 0 Å². The molecule has 1 saturated heterocycles. The van der Waals surface area contributed by atoms with Gasteiger partial charge in [0, 0.05) is 25.5 Å². The minimum Gasteiger partial charge on any atom is -0.397 e. The number of nitrogens with two attached hydrogens (primary N) is 1. The van der Waals surface area contributed by atoms with E-state index in [2.05, 4.69) is 0 Å². The van der Waals surface area contributed by atoms with E-state index in [4.69, 9.17) is 10.8 Å². The number of carbonyl (C=O) groups is 1. The molecule has 1 heterocycles. The van der Waals surface area contributed by atoms with Crippen molar-refractivity contribution in [3.05, 3.63) is 23.8 Å². The maximum atomic E-state index is 11.7. The summed E-state index contributed by atoms with van der Waals surface area (Å²) in [5, 5.41) is 9.05. The molecule has 4 heteroatoms. The number of rotatable bonds is 2. The van der Waals surface area contributed by atoms with Gasteiger partial charge in [-0.1, -0.05) is 6.07 Å². The van der Waals surface area contributed by atoms with Crippen molar-refractivity contribution < 1.29 is 9.90 Å². The van der Waals surface area contributed by atoms with Crippen molar-refractivity contribution in [2.45, 2.75) is 13.3 Å². The number of hydrogen-bond donors (Lipinski definition) is 2. The van der Waals surface area contributed by atoms with Crippen LogP contribution in [0.3, 0.4) is 0 Å². The van der Waals surface area contributed by atoms with Gasteiger partial charge < -0.3 is 15.7 Å². The summed E-state index contributed by atoms with van der Waals surface area (Å²) in [5.41, 5.74) is 8.34. The monoisotopic (exact) mass is 220 g/mol. The van der Waals surface area contributed by atoms with E-state index in [1.54, 1.807) is 4.90 Å². The van der Waals surface area contributed by atoms with E-state index in [1.165, 1.54) is 0 Å². The molecule has 1 aliphatic rings. The molecule has 0 aromatic heterocycles. The Morgan fingerprint density at radius 1 is 1.56 bits per heavy atom. The molecule has 16 heavy (non-hydrogen) atoms. The molecule has 0 saturated carbocycles. The Morgan fingerprint density at radius 2 is 2.31 bits per heavy atom. The lowest BCUT2D eigenvalue weighted by atomic mass is 10.1. The summed E-state index contributed by atoms with van der Waals surface area (Å²) < 4.78 is 0. The summed E-state index contributed by atoms with van der Waals surface area (Å²) in [4.78, 5) is 13.4. The van der Waals surface area contributed by atoms with E-state index < -0.39 is 0 Å². The summed E-state index contributed by atoms with van der Waals surface area (Å²) >= 11 is 0. The Morgan fingerprint density at radius 3 is 2.88 bits per heavy atom. The average Bonchev–Trinajstić information content (AvgIpc) is 2.60. The number of nitrogens with zero attached hydrogens (tertiary/aromatic N) is 1. The molecule has 1 unspecified atom stereocenters. The molecular weight excluding hydrogens is 204 g/mol. The van der Waals surface area contributed by atoms with Crippen LogP contribution in [0.5, 0.6) is 0 Å². The van der Waals surface area contributed by atoms with Crippen LogP contribution in [0.2, 0.25) is 0 Å². The Hall–Kier alpha value is -1.55. The van der Waals surface area contributed by atoms with Crippen LogP contribution in [-0.2, 0) is 4.79 Å². The van der Waals surface area contributed by atoms with Crippen LogP contribution in [0.4, 0.5) is 11.4 Å². The first-order valence-corrected chi connectivity index (χ1v) is 5.39. The van der Waals surface area contributed by atoms with Crippen molar-refractivity contribution in [2.24, 2.45) is 5.92 Å². The standard InChI is InChI=1S/C12H16N2O2/c1-8-2-3-11(10(13)4-8)14-6-9(7-15)5-12(14)16/h2-4,9,15H,5-7,13H2,1H3. The van der Waals surface area contributed by atoms with Gasteiger partial charge in [0.15, 0.2) is 0 Å². The number of amides is 1. The van der Waals surface area contributed by atoms with E-state index in [9.17, 15) is 4.79 Å². The molecule has 1 amide bonds. The lowest BCUT2D eigenvalue weighted by Crippen LogP contribution is -2.25. The third-order valence-corrected chi connectivity index (χ3v) is 2.94. The first-order valence-electron chi connectivity index (χ1n) is 5.39. The number of hydrogen-bond acceptors (Lipinski definition) is 3. The summed E-state index contributed by atoms with van der Waals surface area (Å²) in [7, 11) is 0. The molecule has 2 rings (SSSR count). The Kier molecular flexibility index (Phi) is 2.83. The molecule has 1 aliphatic heterocycles. The largest absolute Gasteiger partial charge is 0.397 e. The summed E-state index contributed by atoms with van der Waals surface area (Å²) in [6.07, 6.45) is 0.407. The molecule has 3 N–H and O–H groups in total. The molecule has 1 aromatic rings. The smallest absolute Gasteiger partial charge is 0.227 e. The number of aliphatic hydroxyl groups is 1. The van der Waals surface area contributed by atoms with Crippen molar-refractivity contribution in [1.29, 1.82) is 0 Å². The van der Waals surface area contributed by atoms with E-state index in [0.29, 0.717) is 18.7 Å². The normalized spacial score (nSPS) is 20.5. The molecule has 0 bridgehead atoms. The van der Waals surface area contributed by atoms with Crippen LogP contribution < -0.4 is 10.6 Å². The highest BCUT2D eigenvalue weighted by molar-refractivity contribution is 5.98. The lowest BCUT2D eigenvalue weighted by molar-refractivity contribution is -0.117. The van der Waals surface area contributed by atoms with Gasteiger partial charge in [0.2, 0.25) is 5.91 Å². The van der Waals surface area contributed by atoms with Crippen LogP contribution in [-0.4, -0.2) is 24.2 Å². The maximum Gasteiger partial charge on any atom is 0.227 e. The number of anilines is 2. The average molecular weight is 220 g/mol. The zero-order valence-corrected chi connectivity index (χ0v) is 9.31. The van der Waals surface area contributed by atoms with E-state index in [1.807, 2.05) is 25.1 Å². The van der Waals surface area contributed by atoms with Crippen LogP contribution in [0.1, 0.15) is 12.0 Å². The highest BCUT2D eigenvalue weighted by Crippen LogP contribution is 2.30. The highest BCUT2D eigenvalue weighted by atomic mass is 16.3. The summed E-state index contributed by atoms with van der Waals surface area (Å²) in [5.74, 6) is 0.0720. The van der Waals surface area contributed by atoms with Gasteiger partial charge in [0.25, 0.3) is 0 Å². The predicted molar refractivity (Wildman–Crippen MR) is 63.1 cm³/mol. The van der Waals surface area contributed by atoms with Crippen LogP contribution in [0, 0.1) is 12.8 Å². The van der Waals surface area contributed by atoms with Crippen LogP contribution in [0.25, 0.3) is 0 Å². The molecule has 0 aliphatic carbocycles. The highest BCUT2D eigenvalue weighted by Gasteiger charge is 2.30. The van der Waals surface area contributed by atoms with Crippen molar-refractivity contribution in [3.63, 3.8) is 0 Å². The Balaban J connectivity index is 2.28. The Bertz CT molecular complexity index is 417. The maximum absolute atomic E-state index is 11.7. The van der Waals surface area contributed by atoms with Gasteiger partial charge in [-0.25, -0.2) is 0 Å². The first-order chi connectivity index (χ1) is 7.61. The van der Waals surface area contributed by atoms with Crippen molar-refractivity contribution >= 4 is 17.3 Å². The van der Waals surface area contributed by atoms with Gasteiger partial charge in [0.05, 0.1) is 11.4 Å². The first kappa shape index (κ1) is 11.0. The van der Waals surface area contributed by atoms with Crippen molar-refractivity contribution in [1.82, 2.24) is 0 Å². The van der Waals surface area contributed by atoms with E-state index in [0.717, 1.165) is 11.3 Å². The SMILES string of the molecule is Cc1ccc(N2CC(CO)CC2=O)c(N)c1. The fourth-order valence-corrected chi connectivity index (χ4v) is 2.06. The third kappa shape index (κ3) is 1.88. The van der Waals surface area contributed by atoms with Crippen LogP contribution in [0.15, 0.2) is 18.2 Å². The molecule has 86 valence electrons. The predicted octanol–water partition coefficient (Wildman–Crippen LogP) is 0.922. The second-order valence-corrected chi connectivity index (χ2v) is 4.32. The molecule has 0 spiro atoms. The second-order valence-electron chi connectivity index (χ2n) is 4.32. The number of carbonyl (C=O) groups excluding carboxylic acids is 1. The minimum atomic E-state index is 0.0354. The van der Waals surface area contributed by atoms with Gasteiger partial charge >= 0.3 is 0 Å². The van der Waals surface area contributed by atoms with Crippen molar-refractivity contribution in [2.75, 3.05) is 23.8 Å². The number of aliphatic hydroxyl groups excluding tert-OH is 1. The number of nitrogen functional groups attached to an aromatic ring is 1. The summed E-state index contributed by atoms with van der Waals surface area (Å²) in [6, 6.07) is 5.66. The molecule has 0 radical (unpaired) electrons.